The third-order valence-corrected chi connectivity index (χ3v) is 5.35. The molecular weight excluding hydrogens is 454 g/mol. The van der Waals surface area contributed by atoms with Crippen molar-refractivity contribution >= 4 is 23.7 Å². The highest BCUT2D eigenvalue weighted by Gasteiger charge is 2.30. The third-order valence-electron chi connectivity index (χ3n) is 5.35. The van der Waals surface area contributed by atoms with E-state index in [-0.39, 0.29) is 18.8 Å². The highest BCUT2D eigenvalue weighted by molar-refractivity contribution is 5.94. The molecule has 35 heavy (non-hydrogen) atoms. The second kappa shape index (κ2) is 15.8. The van der Waals surface area contributed by atoms with Crippen molar-refractivity contribution in [3.05, 3.63) is 35.9 Å². The number of carboxylic acids is 1. The molecular formula is C24H39N5O6. The average Bonchev–Trinajstić information content (AvgIpc) is 2.81. The van der Waals surface area contributed by atoms with Gasteiger partial charge in [-0.1, -0.05) is 44.2 Å². The molecule has 3 amide bonds. The van der Waals surface area contributed by atoms with Crippen LogP contribution in [0.3, 0.4) is 0 Å². The summed E-state index contributed by atoms with van der Waals surface area (Å²) >= 11 is 0. The van der Waals surface area contributed by atoms with Gasteiger partial charge in [0.15, 0.2) is 0 Å². The third kappa shape index (κ3) is 11.3. The lowest BCUT2D eigenvalue weighted by atomic mass is 10.0. The summed E-state index contributed by atoms with van der Waals surface area (Å²) in [4.78, 5) is 49.8. The van der Waals surface area contributed by atoms with E-state index in [0.717, 1.165) is 5.56 Å². The van der Waals surface area contributed by atoms with Gasteiger partial charge >= 0.3 is 5.97 Å². The van der Waals surface area contributed by atoms with E-state index < -0.39 is 54.5 Å². The van der Waals surface area contributed by atoms with Gasteiger partial charge in [0, 0.05) is 6.42 Å². The summed E-state index contributed by atoms with van der Waals surface area (Å²) < 4.78 is 0. The topological polar surface area (TPSA) is 197 Å². The normalized spacial score (nSPS) is 14.5. The van der Waals surface area contributed by atoms with E-state index in [0.29, 0.717) is 25.8 Å². The van der Waals surface area contributed by atoms with Crippen LogP contribution in [0.1, 0.15) is 45.1 Å². The van der Waals surface area contributed by atoms with Crippen LogP contribution in [0.4, 0.5) is 0 Å². The molecule has 11 heteroatoms. The van der Waals surface area contributed by atoms with Crippen LogP contribution in [-0.4, -0.2) is 71.2 Å². The van der Waals surface area contributed by atoms with Crippen molar-refractivity contribution in [1.29, 1.82) is 0 Å². The molecule has 0 fully saturated rings. The molecule has 4 atom stereocenters. The van der Waals surface area contributed by atoms with E-state index in [1.807, 2.05) is 13.8 Å². The number of rotatable bonds is 16. The van der Waals surface area contributed by atoms with E-state index >= 15 is 0 Å². The minimum atomic E-state index is -1.33. The Bertz CT molecular complexity index is 820. The van der Waals surface area contributed by atoms with Crippen molar-refractivity contribution < 1.29 is 29.4 Å². The highest BCUT2D eigenvalue weighted by Crippen LogP contribution is 2.07. The number of unbranched alkanes of at least 4 members (excludes halogenated alkanes) is 1. The fraction of sp³-hybridized carbons (Fsp3) is 0.583. The van der Waals surface area contributed by atoms with E-state index in [4.69, 9.17) is 11.5 Å². The van der Waals surface area contributed by atoms with Crippen LogP contribution in [0, 0.1) is 5.92 Å². The van der Waals surface area contributed by atoms with Crippen LogP contribution >= 0.6 is 0 Å². The average molecular weight is 494 g/mol. The second-order valence-corrected chi connectivity index (χ2v) is 8.91. The molecule has 0 spiro atoms. The largest absolute Gasteiger partial charge is 0.480 e. The first kappa shape index (κ1) is 30.0. The lowest BCUT2D eigenvalue weighted by Gasteiger charge is -2.25. The summed E-state index contributed by atoms with van der Waals surface area (Å²) in [7, 11) is 0. The van der Waals surface area contributed by atoms with Gasteiger partial charge in [0.2, 0.25) is 17.7 Å². The molecule has 0 aliphatic rings. The number of nitrogens with two attached hydrogens (primary N) is 2. The van der Waals surface area contributed by atoms with Gasteiger partial charge in [-0.2, -0.15) is 0 Å². The number of carboxylic acid groups (broad SMARTS) is 1. The number of carbonyl (C=O) groups excluding carboxylic acids is 3. The maximum Gasteiger partial charge on any atom is 0.326 e. The Morgan fingerprint density at radius 2 is 1.46 bits per heavy atom. The fourth-order valence-electron chi connectivity index (χ4n) is 3.44. The molecule has 1 rings (SSSR count). The van der Waals surface area contributed by atoms with Crippen LogP contribution in [-0.2, 0) is 25.6 Å². The minimum absolute atomic E-state index is 0.0759. The predicted octanol–water partition coefficient (Wildman–Crippen LogP) is -0.737. The van der Waals surface area contributed by atoms with Crippen molar-refractivity contribution in [2.75, 3.05) is 13.2 Å². The Hall–Kier alpha value is -3.02. The van der Waals surface area contributed by atoms with Crippen molar-refractivity contribution in [2.45, 2.75) is 70.1 Å². The van der Waals surface area contributed by atoms with E-state index in [1.54, 1.807) is 30.3 Å². The molecule has 1 aromatic carbocycles. The zero-order valence-corrected chi connectivity index (χ0v) is 20.4. The van der Waals surface area contributed by atoms with Gasteiger partial charge in [-0.25, -0.2) is 4.79 Å². The summed E-state index contributed by atoms with van der Waals surface area (Å²) in [6, 6.07) is 4.39. The molecule has 0 saturated heterocycles. The molecule has 1 aromatic rings. The molecule has 0 aliphatic carbocycles. The van der Waals surface area contributed by atoms with Crippen LogP contribution in [0.15, 0.2) is 30.3 Å². The molecule has 196 valence electrons. The summed E-state index contributed by atoms with van der Waals surface area (Å²) in [5, 5.41) is 26.6. The summed E-state index contributed by atoms with van der Waals surface area (Å²) in [5.41, 5.74) is 12.0. The quantitative estimate of drug-likeness (QED) is 0.146. The number of amides is 3. The lowest BCUT2D eigenvalue weighted by molar-refractivity contribution is -0.142. The van der Waals surface area contributed by atoms with Gasteiger partial charge in [0.25, 0.3) is 0 Å². The van der Waals surface area contributed by atoms with Crippen molar-refractivity contribution in [2.24, 2.45) is 17.4 Å². The molecule has 0 saturated carbocycles. The molecule has 0 aliphatic heterocycles. The van der Waals surface area contributed by atoms with Crippen molar-refractivity contribution in [3.63, 3.8) is 0 Å². The van der Waals surface area contributed by atoms with E-state index in [9.17, 15) is 29.4 Å². The van der Waals surface area contributed by atoms with Crippen molar-refractivity contribution in [3.8, 4) is 0 Å². The number of nitrogens with one attached hydrogen (secondary N) is 3. The van der Waals surface area contributed by atoms with Crippen LogP contribution in [0.25, 0.3) is 0 Å². The smallest absolute Gasteiger partial charge is 0.326 e. The summed E-state index contributed by atoms with van der Waals surface area (Å²) in [6.45, 7) is 3.50. The Kier molecular flexibility index (Phi) is 13.5. The Labute approximate surface area is 206 Å². The lowest BCUT2D eigenvalue weighted by Crippen LogP contribution is -2.58. The molecule has 0 bridgehead atoms. The SMILES string of the molecule is CC(C)CC(N)C(=O)NC(CO)C(=O)NC(Cc1ccccc1)C(=O)NC(CCCCN)C(=O)O. The maximum absolute atomic E-state index is 13.0. The number of hydrogen-bond donors (Lipinski definition) is 7. The van der Waals surface area contributed by atoms with Gasteiger partial charge in [0.1, 0.15) is 18.1 Å². The predicted molar refractivity (Wildman–Crippen MR) is 131 cm³/mol. The summed E-state index contributed by atoms with van der Waals surface area (Å²) in [6.07, 6.45) is 1.78. The monoisotopic (exact) mass is 493 g/mol. The van der Waals surface area contributed by atoms with Gasteiger partial charge < -0.3 is 37.6 Å². The standard InChI is InChI=1S/C24H39N5O6/c1-15(2)12-17(26)21(31)29-20(14-30)23(33)28-19(13-16-8-4-3-5-9-16)22(32)27-18(24(34)35)10-6-7-11-25/h3-5,8-9,15,17-20,30H,6-7,10-14,25-26H2,1-2H3,(H,27,32)(H,28,33)(H,29,31)(H,34,35). The number of aliphatic hydroxyl groups is 1. The van der Waals surface area contributed by atoms with Gasteiger partial charge in [0.05, 0.1) is 12.6 Å². The fourth-order valence-corrected chi connectivity index (χ4v) is 3.44. The molecule has 0 aromatic heterocycles. The van der Waals surface area contributed by atoms with Gasteiger partial charge in [-0.3, -0.25) is 14.4 Å². The first-order chi connectivity index (χ1) is 16.6. The first-order valence-corrected chi connectivity index (χ1v) is 11.8. The molecule has 11 nitrogen and oxygen atoms in total. The Morgan fingerprint density at radius 1 is 0.886 bits per heavy atom. The van der Waals surface area contributed by atoms with E-state index in [2.05, 4.69) is 16.0 Å². The molecule has 0 heterocycles. The van der Waals surface area contributed by atoms with Crippen molar-refractivity contribution in [1.82, 2.24) is 16.0 Å². The summed E-state index contributed by atoms with van der Waals surface area (Å²) in [5.74, 6) is -3.11. The zero-order valence-electron chi connectivity index (χ0n) is 20.4. The number of aliphatic hydroxyl groups excluding tert-OH is 1. The number of carbonyl (C=O) groups is 4. The Balaban J connectivity index is 2.97. The number of hydrogen-bond acceptors (Lipinski definition) is 7. The highest BCUT2D eigenvalue weighted by atomic mass is 16.4. The molecule has 9 N–H and O–H groups in total. The second-order valence-electron chi connectivity index (χ2n) is 8.91. The van der Waals surface area contributed by atoms with E-state index in [1.165, 1.54) is 0 Å². The first-order valence-electron chi connectivity index (χ1n) is 11.8. The molecule has 0 radical (unpaired) electrons. The Morgan fingerprint density at radius 3 is 2.00 bits per heavy atom. The van der Waals surface area contributed by atoms with Crippen LogP contribution in [0.5, 0.6) is 0 Å². The molecule has 4 unspecified atom stereocenters. The van der Waals surface area contributed by atoms with Gasteiger partial charge in [-0.05, 0) is 43.7 Å². The minimum Gasteiger partial charge on any atom is -0.480 e. The maximum atomic E-state index is 13.0. The number of benzene rings is 1. The van der Waals surface area contributed by atoms with Crippen LogP contribution in [0.2, 0.25) is 0 Å². The van der Waals surface area contributed by atoms with Gasteiger partial charge in [-0.15, -0.1) is 0 Å². The van der Waals surface area contributed by atoms with Crippen LogP contribution < -0.4 is 27.4 Å². The zero-order chi connectivity index (χ0) is 26.4. The number of aliphatic carboxylic acids is 1.